The zero-order valence-corrected chi connectivity index (χ0v) is 6.91. The molecule has 0 unspecified atom stereocenters. The Morgan fingerprint density at radius 3 is 1.09 bits per heavy atom. The van der Waals surface area contributed by atoms with Gasteiger partial charge in [0.15, 0.2) is 0 Å². The molecular weight excluding hydrogens is 180 g/mol. The number of rotatable bonds is 0. The first-order valence-electron chi connectivity index (χ1n) is 1.99. The summed E-state index contributed by atoms with van der Waals surface area (Å²) >= 11 is 0. The van der Waals surface area contributed by atoms with E-state index in [1.54, 1.807) is 0 Å². The molecule has 0 heterocycles. The van der Waals surface area contributed by atoms with Gasteiger partial charge >= 0.3 is 10.4 Å². The summed E-state index contributed by atoms with van der Waals surface area (Å²) in [5, 5.41) is 0. The summed E-state index contributed by atoms with van der Waals surface area (Å²) in [6.07, 6.45) is 0. The first kappa shape index (κ1) is 17.0. The van der Waals surface area contributed by atoms with Gasteiger partial charge in [-0.15, -0.1) is 0 Å². The second kappa shape index (κ2) is 12.4. The molecule has 0 aromatic rings. The monoisotopic (exact) mass is 192 g/mol. The highest BCUT2D eigenvalue weighted by molar-refractivity contribution is 7.79. The van der Waals surface area contributed by atoms with Gasteiger partial charge in [-0.1, -0.05) is 0 Å². The zero-order chi connectivity index (χ0) is 9.91. The summed E-state index contributed by atoms with van der Waals surface area (Å²) in [7, 11) is -1.86. The Kier molecular flexibility index (Phi) is 19.1. The molecule has 0 bridgehead atoms. The van der Waals surface area contributed by atoms with Crippen molar-refractivity contribution < 1.29 is 27.2 Å². The Balaban J connectivity index is -0.0000000933. The van der Waals surface area contributed by atoms with Gasteiger partial charge in [0.1, 0.15) is 0 Å². The van der Waals surface area contributed by atoms with Crippen molar-refractivity contribution in [3.05, 3.63) is 0 Å². The minimum absolute atomic E-state index is 1.40. The Bertz CT molecular complexity index is 122. The maximum atomic E-state index is 8.74. The molecule has 0 rings (SSSR count). The molecule has 0 aliphatic carbocycles. The van der Waals surface area contributed by atoms with E-state index in [9.17, 15) is 0 Å². The third-order valence-electron chi connectivity index (χ3n) is 0. The predicted molar refractivity (Wildman–Crippen MR) is 36.6 cm³/mol. The lowest BCUT2D eigenvalue weighted by Crippen LogP contribution is -1.89. The van der Waals surface area contributed by atoms with E-state index in [0.29, 0.717) is 0 Å². The Hall–Kier alpha value is -0.290. The van der Waals surface area contributed by atoms with E-state index in [1.807, 2.05) is 0 Å². The lowest BCUT2D eigenvalue weighted by Gasteiger charge is -1.68. The first-order valence-corrected chi connectivity index (χ1v) is 3.38. The highest BCUT2D eigenvalue weighted by atomic mass is 32.3. The maximum absolute atomic E-state index is 8.74. The number of nitrogens with two attached hydrogens (primary N) is 2. The Morgan fingerprint density at radius 1 is 1.09 bits per heavy atom. The van der Waals surface area contributed by atoms with Crippen LogP contribution < -0.4 is 11.8 Å². The van der Waals surface area contributed by atoms with Crippen LogP contribution in [-0.4, -0.2) is 31.7 Å². The van der Waals surface area contributed by atoms with Crippen molar-refractivity contribution in [2.75, 3.05) is 14.2 Å². The fourth-order valence-electron chi connectivity index (χ4n) is 0. The molecule has 0 aliphatic rings. The van der Waals surface area contributed by atoms with Crippen LogP contribution in [0.4, 0.5) is 0 Å². The van der Waals surface area contributed by atoms with Crippen LogP contribution in [0.3, 0.4) is 0 Å². The van der Waals surface area contributed by atoms with E-state index >= 15 is 0 Å². The van der Waals surface area contributed by atoms with Gasteiger partial charge in [-0.25, -0.2) is 11.8 Å². The van der Waals surface area contributed by atoms with Crippen LogP contribution in [-0.2, 0) is 20.1 Å². The SMILES string of the molecule is CON.CON.O=S(=O)(O)O. The predicted octanol–water partition coefficient (Wildman–Crippen LogP) is -1.64. The Morgan fingerprint density at radius 2 is 1.09 bits per heavy atom. The summed E-state index contributed by atoms with van der Waals surface area (Å²) in [6.45, 7) is 0. The van der Waals surface area contributed by atoms with Crippen LogP contribution >= 0.6 is 0 Å². The third kappa shape index (κ3) is 6860. The molecule has 0 fully saturated rings. The van der Waals surface area contributed by atoms with Gasteiger partial charge in [-0.05, 0) is 0 Å². The molecule has 11 heavy (non-hydrogen) atoms. The molecule has 0 saturated heterocycles. The molecular formula is C2H12N2O6S. The molecule has 0 aromatic heterocycles. The standard InChI is InChI=1S/2CH5NO.H2O4S/c2*1-3-2;1-5(2,3)4/h2*2H2,1H3;(H2,1,2,3,4). The van der Waals surface area contributed by atoms with E-state index in [0.717, 1.165) is 0 Å². The van der Waals surface area contributed by atoms with Gasteiger partial charge < -0.3 is 9.68 Å². The minimum Gasteiger partial charge on any atom is -0.308 e. The van der Waals surface area contributed by atoms with Gasteiger partial charge in [0.2, 0.25) is 0 Å². The zero-order valence-electron chi connectivity index (χ0n) is 6.09. The van der Waals surface area contributed by atoms with Crippen LogP contribution in [0.1, 0.15) is 0 Å². The van der Waals surface area contributed by atoms with E-state index in [1.165, 1.54) is 14.2 Å². The summed E-state index contributed by atoms with van der Waals surface area (Å²) in [4.78, 5) is 7.50. The van der Waals surface area contributed by atoms with Crippen molar-refractivity contribution in [1.29, 1.82) is 0 Å². The minimum atomic E-state index is -4.67. The van der Waals surface area contributed by atoms with Crippen LogP contribution in [0.15, 0.2) is 0 Å². The normalized spacial score (nSPS) is 8.55. The number of hydrogen-bond acceptors (Lipinski definition) is 6. The van der Waals surface area contributed by atoms with Crippen molar-refractivity contribution in [2.24, 2.45) is 11.8 Å². The largest absolute Gasteiger partial charge is 0.394 e. The lowest BCUT2D eigenvalue weighted by atomic mass is 11.7. The van der Waals surface area contributed by atoms with Crippen LogP contribution in [0.2, 0.25) is 0 Å². The molecule has 0 spiro atoms. The molecule has 0 aromatic carbocycles. The fraction of sp³-hybridized carbons (Fsp3) is 1.00. The molecule has 0 atom stereocenters. The van der Waals surface area contributed by atoms with E-state index in [-0.39, 0.29) is 0 Å². The summed E-state index contributed by atoms with van der Waals surface area (Å²) in [5.74, 6) is 8.69. The highest BCUT2D eigenvalue weighted by Gasteiger charge is 1.84. The van der Waals surface area contributed by atoms with E-state index < -0.39 is 10.4 Å². The van der Waals surface area contributed by atoms with Crippen LogP contribution in [0.5, 0.6) is 0 Å². The summed E-state index contributed by atoms with van der Waals surface area (Å²) in [5.41, 5.74) is 0. The van der Waals surface area contributed by atoms with Gasteiger partial charge in [0.25, 0.3) is 0 Å². The molecule has 0 saturated carbocycles. The van der Waals surface area contributed by atoms with Crippen molar-refractivity contribution in [2.45, 2.75) is 0 Å². The molecule has 6 N–H and O–H groups in total. The first-order chi connectivity index (χ1) is 4.83. The molecule has 72 valence electrons. The Labute approximate surface area is 64.6 Å². The van der Waals surface area contributed by atoms with Crippen molar-refractivity contribution in [3.8, 4) is 0 Å². The third-order valence-corrected chi connectivity index (χ3v) is 0. The summed E-state index contributed by atoms with van der Waals surface area (Å²) in [6, 6.07) is 0. The summed E-state index contributed by atoms with van der Waals surface area (Å²) < 4.78 is 31.6. The van der Waals surface area contributed by atoms with E-state index in [4.69, 9.17) is 17.5 Å². The van der Waals surface area contributed by atoms with E-state index in [2.05, 4.69) is 21.5 Å². The van der Waals surface area contributed by atoms with Crippen LogP contribution in [0.25, 0.3) is 0 Å². The topological polar surface area (TPSA) is 145 Å². The smallest absolute Gasteiger partial charge is 0.308 e. The van der Waals surface area contributed by atoms with Crippen molar-refractivity contribution in [1.82, 2.24) is 0 Å². The van der Waals surface area contributed by atoms with Gasteiger partial charge in [0, 0.05) is 0 Å². The second-order valence-electron chi connectivity index (χ2n) is 0.919. The quantitative estimate of drug-likeness (QED) is 0.264. The van der Waals surface area contributed by atoms with Crippen LogP contribution in [0, 0.1) is 0 Å². The van der Waals surface area contributed by atoms with Gasteiger partial charge in [-0.2, -0.15) is 8.42 Å². The lowest BCUT2D eigenvalue weighted by molar-refractivity contribution is 0.206. The highest BCUT2D eigenvalue weighted by Crippen LogP contribution is 1.59. The maximum Gasteiger partial charge on any atom is 0.394 e. The van der Waals surface area contributed by atoms with Gasteiger partial charge in [-0.3, -0.25) is 9.11 Å². The average Bonchev–Trinajstić information content (AvgIpc) is 1.62. The van der Waals surface area contributed by atoms with Crippen molar-refractivity contribution in [3.63, 3.8) is 0 Å². The fourth-order valence-corrected chi connectivity index (χ4v) is 0. The van der Waals surface area contributed by atoms with Gasteiger partial charge in [0.05, 0.1) is 14.2 Å². The molecule has 0 amide bonds. The number of hydrogen-bond donors (Lipinski definition) is 4. The molecule has 9 heteroatoms. The van der Waals surface area contributed by atoms with Crippen molar-refractivity contribution >= 4 is 10.4 Å². The molecule has 0 aliphatic heterocycles. The average molecular weight is 192 g/mol. The molecule has 0 radical (unpaired) electrons. The molecule has 8 nitrogen and oxygen atoms in total. The second-order valence-corrected chi connectivity index (χ2v) is 1.81.